The van der Waals surface area contributed by atoms with E-state index in [0.29, 0.717) is 11.3 Å². The molecule has 1 N–H and O–H groups in total. The van der Waals surface area contributed by atoms with Crippen molar-refractivity contribution >= 4 is 17.3 Å². The lowest BCUT2D eigenvalue weighted by atomic mass is 9.99. The number of carboxylic acid groups (broad SMARTS) is 1. The topological polar surface area (TPSA) is 53.4 Å². The van der Waals surface area contributed by atoms with Gasteiger partial charge in [-0.1, -0.05) is 13.8 Å². The van der Waals surface area contributed by atoms with E-state index in [1.54, 1.807) is 0 Å². The van der Waals surface area contributed by atoms with E-state index in [1.165, 1.54) is 24.2 Å². The normalized spacial score (nSPS) is 18.1. The number of hydrogen-bond acceptors (Lipinski definition) is 4. The summed E-state index contributed by atoms with van der Waals surface area (Å²) in [6.07, 6.45) is 3.16. The van der Waals surface area contributed by atoms with Crippen LogP contribution in [0.15, 0.2) is 0 Å². The Hall–Kier alpha value is -0.940. The van der Waals surface area contributed by atoms with Crippen LogP contribution >= 0.6 is 11.3 Å². The van der Waals surface area contributed by atoms with E-state index < -0.39 is 5.97 Å². The molecule has 0 bridgehead atoms. The van der Waals surface area contributed by atoms with Crippen molar-refractivity contribution in [2.75, 3.05) is 13.1 Å². The Balaban J connectivity index is 2.03. The largest absolute Gasteiger partial charge is 0.477 e. The number of hydrogen-bond donors (Lipinski definition) is 1. The Morgan fingerprint density at radius 1 is 1.50 bits per heavy atom. The molecule has 100 valence electrons. The molecule has 0 aromatic carbocycles. The molecular formula is C13H20N2O2S. The summed E-state index contributed by atoms with van der Waals surface area (Å²) in [5, 5.41) is 10.1. The fourth-order valence-electron chi connectivity index (χ4n) is 2.29. The molecule has 1 saturated heterocycles. The summed E-state index contributed by atoms with van der Waals surface area (Å²) in [5.74, 6) is -0.0267. The van der Waals surface area contributed by atoms with Gasteiger partial charge in [-0.25, -0.2) is 9.78 Å². The molecule has 2 rings (SSSR count). The first-order valence-corrected chi connectivity index (χ1v) is 7.36. The maximum atomic E-state index is 11.1. The van der Waals surface area contributed by atoms with Gasteiger partial charge in [0, 0.05) is 0 Å². The number of aromatic carboxylic acids is 1. The minimum atomic E-state index is -0.845. The van der Waals surface area contributed by atoms with Crippen molar-refractivity contribution in [3.05, 3.63) is 15.6 Å². The number of rotatable bonds is 4. The first-order chi connectivity index (χ1) is 8.60. The lowest BCUT2D eigenvalue weighted by Crippen LogP contribution is -2.32. The zero-order valence-corrected chi connectivity index (χ0v) is 11.8. The van der Waals surface area contributed by atoms with E-state index in [0.717, 1.165) is 36.3 Å². The maximum absolute atomic E-state index is 11.1. The molecule has 1 aromatic rings. The Bertz CT molecular complexity index is 423. The molecule has 0 radical (unpaired) electrons. The van der Waals surface area contributed by atoms with Crippen LogP contribution in [0.4, 0.5) is 0 Å². The first kappa shape index (κ1) is 13.5. The van der Waals surface area contributed by atoms with Crippen LogP contribution in [0.2, 0.25) is 0 Å². The highest BCUT2D eigenvalue weighted by atomic mass is 32.1. The van der Waals surface area contributed by atoms with Crippen LogP contribution in [0, 0.1) is 5.92 Å². The van der Waals surface area contributed by atoms with Gasteiger partial charge in [0.15, 0.2) is 0 Å². The number of aromatic nitrogens is 1. The molecule has 2 heterocycles. The quantitative estimate of drug-likeness (QED) is 0.912. The molecule has 1 aromatic heterocycles. The highest BCUT2D eigenvalue weighted by Gasteiger charge is 2.20. The van der Waals surface area contributed by atoms with Crippen molar-refractivity contribution < 1.29 is 9.90 Å². The van der Waals surface area contributed by atoms with Gasteiger partial charge in [-0.15, -0.1) is 11.3 Å². The van der Waals surface area contributed by atoms with Gasteiger partial charge in [0.05, 0.1) is 12.2 Å². The molecule has 4 nitrogen and oxygen atoms in total. The summed E-state index contributed by atoms with van der Waals surface area (Å²) in [5.41, 5.74) is 0.730. The molecule has 0 aliphatic carbocycles. The van der Waals surface area contributed by atoms with Crippen molar-refractivity contribution in [1.82, 2.24) is 9.88 Å². The van der Waals surface area contributed by atoms with Crippen LogP contribution in [-0.4, -0.2) is 34.0 Å². The van der Waals surface area contributed by atoms with E-state index in [1.807, 2.05) is 6.92 Å². The molecule has 0 saturated carbocycles. The number of carboxylic acids is 1. The van der Waals surface area contributed by atoms with E-state index in [4.69, 9.17) is 5.11 Å². The van der Waals surface area contributed by atoms with Crippen molar-refractivity contribution in [3.8, 4) is 0 Å². The molecule has 5 heteroatoms. The second-order valence-electron chi connectivity index (χ2n) is 5.00. The van der Waals surface area contributed by atoms with Crippen LogP contribution in [0.1, 0.15) is 47.1 Å². The highest BCUT2D eigenvalue weighted by molar-refractivity contribution is 7.13. The van der Waals surface area contributed by atoms with Crippen LogP contribution in [0.5, 0.6) is 0 Å². The number of likely N-dealkylation sites (tertiary alicyclic amines) is 1. The lowest BCUT2D eigenvalue weighted by Gasteiger charge is -2.29. The van der Waals surface area contributed by atoms with Gasteiger partial charge < -0.3 is 5.11 Å². The number of nitrogens with zero attached hydrogens (tertiary/aromatic N) is 2. The molecule has 1 aliphatic rings. The minimum Gasteiger partial charge on any atom is -0.477 e. The summed E-state index contributed by atoms with van der Waals surface area (Å²) < 4.78 is 0. The third kappa shape index (κ3) is 3.09. The molecule has 1 fully saturated rings. The van der Waals surface area contributed by atoms with Gasteiger partial charge in [-0.2, -0.15) is 0 Å². The second kappa shape index (κ2) is 5.80. The van der Waals surface area contributed by atoms with E-state index in [9.17, 15) is 4.79 Å². The number of carbonyl (C=O) groups is 1. The SMILES string of the molecule is CCc1nc(CN2CCC(C)CC2)sc1C(=O)O. The van der Waals surface area contributed by atoms with Crippen LogP contribution in [-0.2, 0) is 13.0 Å². The minimum absolute atomic E-state index is 0.415. The maximum Gasteiger partial charge on any atom is 0.347 e. The fraction of sp³-hybridized carbons (Fsp3) is 0.692. The number of aryl methyl sites for hydroxylation is 1. The molecule has 1 aliphatic heterocycles. The molecule has 0 unspecified atom stereocenters. The Kier molecular flexibility index (Phi) is 4.35. The summed E-state index contributed by atoms with van der Waals surface area (Å²) in [6.45, 7) is 7.25. The van der Waals surface area contributed by atoms with Gasteiger partial charge in [-0.05, 0) is 38.3 Å². The Labute approximate surface area is 112 Å². The van der Waals surface area contributed by atoms with Crippen LogP contribution < -0.4 is 0 Å². The summed E-state index contributed by atoms with van der Waals surface area (Å²) in [6, 6.07) is 0. The predicted octanol–water partition coefficient (Wildman–Crippen LogP) is 2.64. The smallest absolute Gasteiger partial charge is 0.347 e. The van der Waals surface area contributed by atoms with E-state index >= 15 is 0 Å². The first-order valence-electron chi connectivity index (χ1n) is 6.54. The summed E-state index contributed by atoms with van der Waals surface area (Å²) in [4.78, 5) is 18.3. The van der Waals surface area contributed by atoms with Crippen LogP contribution in [0.25, 0.3) is 0 Å². The monoisotopic (exact) mass is 268 g/mol. The van der Waals surface area contributed by atoms with Gasteiger partial charge in [0.25, 0.3) is 0 Å². The Morgan fingerprint density at radius 3 is 2.67 bits per heavy atom. The Morgan fingerprint density at radius 2 is 2.17 bits per heavy atom. The van der Waals surface area contributed by atoms with Gasteiger partial charge in [0.2, 0.25) is 0 Å². The molecule has 0 amide bonds. The molecule has 0 spiro atoms. The average Bonchev–Trinajstić information content (AvgIpc) is 2.75. The van der Waals surface area contributed by atoms with Crippen molar-refractivity contribution in [3.63, 3.8) is 0 Å². The molecule has 18 heavy (non-hydrogen) atoms. The number of thiazole rings is 1. The molecule has 0 atom stereocenters. The zero-order valence-electron chi connectivity index (χ0n) is 11.0. The third-order valence-corrected chi connectivity index (χ3v) is 4.58. The van der Waals surface area contributed by atoms with E-state index in [2.05, 4.69) is 16.8 Å². The summed E-state index contributed by atoms with van der Waals surface area (Å²) in [7, 11) is 0. The standard InChI is InChI=1S/C13H20N2O2S/c1-3-10-12(13(16)17)18-11(14-10)8-15-6-4-9(2)5-7-15/h9H,3-8H2,1-2H3,(H,16,17). The van der Waals surface area contributed by atoms with Gasteiger partial charge >= 0.3 is 5.97 Å². The molecular weight excluding hydrogens is 248 g/mol. The van der Waals surface area contributed by atoms with Gasteiger partial charge in [0.1, 0.15) is 9.88 Å². The predicted molar refractivity (Wildman–Crippen MR) is 72.1 cm³/mol. The highest BCUT2D eigenvalue weighted by Crippen LogP contribution is 2.23. The fourth-order valence-corrected chi connectivity index (χ4v) is 3.32. The van der Waals surface area contributed by atoms with Crippen molar-refractivity contribution in [2.24, 2.45) is 5.92 Å². The zero-order chi connectivity index (χ0) is 13.1. The summed E-state index contributed by atoms with van der Waals surface area (Å²) >= 11 is 1.33. The van der Waals surface area contributed by atoms with Crippen molar-refractivity contribution in [1.29, 1.82) is 0 Å². The van der Waals surface area contributed by atoms with Gasteiger partial charge in [-0.3, -0.25) is 4.90 Å². The van der Waals surface area contributed by atoms with Crippen LogP contribution in [0.3, 0.4) is 0 Å². The second-order valence-corrected chi connectivity index (χ2v) is 6.08. The third-order valence-electron chi connectivity index (χ3n) is 3.51. The van der Waals surface area contributed by atoms with E-state index in [-0.39, 0.29) is 0 Å². The lowest BCUT2D eigenvalue weighted by molar-refractivity contribution is 0.0701. The van der Waals surface area contributed by atoms with Crippen molar-refractivity contribution in [2.45, 2.75) is 39.7 Å². The average molecular weight is 268 g/mol. The number of piperidine rings is 1.